The van der Waals surface area contributed by atoms with Crippen LogP contribution in [-0.4, -0.2) is 108 Å². The smallest absolute Gasteiger partial charge is 0.393 e. The van der Waals surface area contributed by atoms with Gasteiger partial charge in [-0.15, -0.1) is 0 Å². The molecule has 8 unspecified atom stereocenters. The molecule has 0 heterocycles. The minimum Gasteiger partial charge on any atom is -0.393 e. The Kier molecular flexibility index (Phi) is 35.0. The summed E-state index contributed by atoms with van der Waals surface area (Å²) < 4.78 is 22.9. The minimum absolute atomic E-state index is 0.216. The van der Waals surface area contributed by atoms with E-state index in [1.165, 1.54) is 135 Å². The molecule has 1 aliphatic rings. The summed E-state index contributed by atoms with van der Waals surface area (Å²) in [6, 6.07) is -1.15. The summed E-state index contributed by atoms with van der Waals surface area (Å²) in [6.07, 6.45) is 22.9. The van der Waals surface area contributed by atoms with Crippen molar-refractivity contribution < 1.29 is 59.0 Å². The Labute approximate surface area is 364 Å². The van der Waals surface area contributed by atoms with E-state index < -0.39 is 75.2 Å². The van der Waals surface area contributed by atoms with Gasteiger partial charge in [-0.1, -0.05) is 206 Å². The summed E-state index contributed by atoms with van der Waals surface area (Å²) in [5, 5.41) is 74.6. The Morgan fingerprint density at radius 2 is 0.833 bits per heavy atom. The van der Waals surface area contributed by atoms with Gasteiger partial charge in [0.1, 0.15) is 36.6 Å². The van der Waals surface area contributed by atoms with Crippen LogP contribution in [0.3, 0.4) is 0 Å². The van der Waals surface area contributed by atoms with Crippen LogP contribution >= 0.6 is 7.82 Å². The van der Waals surface area contributed by atoms with Crippen molar-refractivity contribution in [3.8, 4) is 0 Å². The number of carbonyl (C=O) groups is 1. The largest absolute Gasteiger partial charge is 0.472 e. The van der Waals surface area contributed by atoms with Gasteiger partial charge in [0.05, 0.1) is 31.3 Å². The van der Waals surface area contributed by atoms with Crippen molar-refractivity contribution in [1.29, 1.82) is 0 Å². The number of hydrogen-bond donors (Lipinski definition) is 9. The van der Waals surface area contributed by atoms with Crippen molar-refractivity contribution in [2.75, 3.05) is 6.61 Å². The summed E-state index contributed by atoms with van der Waals surface area (Å²) in [5.74, 6) is -0.557. The molecule has 1 aliphatic carbocycles. The van der Waals surface area contributed by atoms with E-state index in [2.05, 4.69) is 19.2 Å². The quantitative estimate of drug-likeness (QED) is 0.0208. The number of amides is 1. The summed E-state index contributed by atoms with van der Waals surface area (Å²) >= 11 is 0. The van der Waals surface area contributed by atoms with Gasteiger partial charge in [-0.05, 0) is 12.8 Å². The van der Waals surface area contributed by atoms with Crippen LogP contribution < -0.4 is 5.32 Å². The first-order valence-corrected chi connectivity index (χ1v) is 26.1. The molecule has 60 heavy (non-hydrogen) atoms. The van der Waals surface area contributed by atoms with Crippen molar-refractivity contribution in [3.63, 3.8) is 0 Å². The summed E-state index contributed by atoms with van der Waals surface area (Å²) in [7, 11) is -5.11. The highest BCUT2D eigenvalue weighted by molar-refractivity contribution is 7.47. The molecular weight excluding hydrogens is 789 g/mol. The fourth-order valence-electron chi connectivity index (χ4n) is 8.19. The number of hydrogen-bond acceptors (Lipinski definition) is 11. The molecule has 0 spiro atoms. The molecule has 0 aromatic carbocycles. The molecule has 1 amide bonds. The van der Waals surface area contributed by atoms with Crippen LogP contribution in [0.25, 0.3) is 0 Å². The number of phosphoric acid groups is 1. The Bertz CT molecular complexity index is 1040. The van der Waals surface area contributed by atoms with Gasteiger partial charge in [0.2, 0.25) is 5.91 Å². The zero-order valence-corrected chi connectivity index (χ0v) is 38.8. The number of aliphatic hydroxyl groups is 7. The van der Waals surface area contributed by atoms with Crippen molar-refractivity contribution in [2.24, 2.45) is 0 Å². The lowest BCUT2D eigenvalue weighted by atomic mass is 9.85. The highest BCUT2D eigenvalue weighted by Gasteiger charge is 2.51. The molecule has 358 valence electrons. The maximum atomic E-state index is 13.0. The zero-order chi connectivity index (χ0) is 44.4. The number of unbranched alkanes of at least 4 members (excludes halogenated alkanes) is 28. The lowest BCUT2D eigenvalue weighted by Gasteiger charge is -2.41. The Morgan fingerprint density at radius 3 is 1.20 bits per heavy atom. The van der Waals surface area contributed by atoms with Gasteiger partial charge < -0.3 is 46.0 Å². The number of nitrogens with one attached hydrogen (secondary N) is 1. The third kappa shape index (κ3) is 28.2. The van der Waals surface area contributed by atoms with Gasteiger partial charge >= 0.3 is 7.82 Å². The van der Waals surface area contributed by atoms with Crippen LogP contribution in [0.1, 0.15) is 226 Å². The molecule has 13 nitrogen and oxygen atoms in total. The lowest BCUT2D eigenvalue weighted by Crippen LogP contribution is -2.64. The zero-order valence-electron chi connectivity index (χ0n) is 37.9. The van der Waals surface area contributed by atoms with Crippen molar-refractivity contribution >= 4 is 13.7 Å². The predicted octanol–water partition coefficient (Wildman–Crippen LogP) is 8.43. The summed E-state index contributed by atoms with van der Waals surface area (Å²) in [4.78, 5) is 23.5. The molecule has 0 saturated heterocycles. The van der Waals surface area contributed by atoms with Gasteiger partial charge in [0, 0.05) is 0 Å². The molecule has 1 rings (SSSR count). The molecule has 9 N–H and O–H groups in total. The minimum atomic E-state index is -5.11. The van der Waals surface area contributed by atoms with E-state index in [1.807, 2.05) is 0 Å². The van der Waals surface area contributed by atoms with E-state index in [0.29, 0.717) is 12.8 Å². The van der Waals surface area contributed by atoms with Crippen molar-refractivity contribution in [1.82, 2.24) is 5.32 Å². The van der Waals surface area contributed by atoms with E-state index >= 15 is 0 Å². The van der Waals surface area contributed by atoms with Crippen LogP contribution in [0, 0.1) is 0 Å². The van der Waals surface area contributed by atoms with Crippen LogP contribution in [0.4, 0.5) is 0 Å². The average molecular weight is 882 g/mol. The maximum absolute atomic E-state index is 13.0. The van der Waals surface area contributed by atoms with E-state index in [0.717, 1.165) is 51.4 Å². The SMILES string of the molecule is CCCCCCCCCCCCCCCCCCCCCC(O)C(COP(=O)(O)OC1C(O)C(O)C(O)C(O)C1O)NC(=O)CC(O)CCCCCCCCCCCCC. The Morgan fingerprint density at radius 1 is 0.517 bits per heavy atom. The molecule has 1 fully saturated rings. The highest BCUT2D eigenvalue weighted by atomic mass is 31.2. The van der Waals surface area contributed by atoms with Crippen molar-refractivity contribution in [3.05, 3.63) is 0 Å². The second-order valence-corrected chi connectivity index (χ2v) is 19.3. The van der Waals surface area contributed by atoms with Gasteiger partial charge in [-0.3, -0.25) is 13.8 Å². The molecule has 0 aromatic rings. The number of carbonyl (C=O) groups excluding carboxylic acids is 1. The maximum Gasteiger partial charge on any atom is 0.472 e. The molecule has 1 saturated carbocycles. The molecule has 8 atom stereocenters. The van der Waals surface area contributed by atoms with E-state index in [4.69, 9.17) is 9.05 Å². The second-order valence-electron chi connectivity index (χ2n) is 17.9. The Balaban J connectivity index is 2.47. The molecule has 0 aromatic heterocycles. The predicted molar refractivity (Wildman–Crippen MR) is 238 cm³/mol. The van der Waals surface area contributed by atoms with Crippen molar-refractivity contribution in [2.45, 2.75) is 281 Å². The Hall–Kier alpha value is -0.700. The van der Waals surface area contributed by atoms with Gasteiger partial charge in [0.15, 0.2) is 0 Å². The molecule has 0 bridgehead atoms. The molecule has 14 heteroatoms. The first-order valence-electron chi connectivity index (χ1n) is 24.6. The van der Waals surface area contributed by atoms with Gasteiger partial charge in [-0.2, -0.15) is 0 Å². The third-order valence-electron chi connectivity index (χ3n) is 12.2. The van der Waals surface area contributed by atoms with E-state index in [-0.39, 0.29) is 12.8 Å². The molecular formula is C46H92NO12P. The van der Waals surface area contributed by atoms with E-state index in [1.54, 1.807) is 0 Å². The first-order chi connectivity index (χ1) is 28.8. The fraction of sp³-hybridized carbons (Fsp3) is 0.978. The third-order valence-corrected chi connectivity index (χ3v) is 13.2. The number of aliphatic hydroxyl groups excluding tert-OH is 7. The van der Waals surface area contributed by atoms with E-state index in [9.17, 15) is 50.0 Å². The second kappa shape index (κ2) is 36.6. The highest BCUT2D eigenvalue weighted by Crippen LogP contribution is 2.47. The first kappa shape index (κ1) is 57.3. The number of rotatable bonds is 41. The molecule has 0 aliphatic heterocycles. The summed E-state index contributed by atoms with van der Waals surface area (Å²) in [5.41, 5.74) is 0. The summed E-state index contributed by atoms with van der Waals surface area (Å²) in [6.45, 7) is 3.80. The van der Waals surface area contributed by atoms with Gasteiger partial charge in [-0.25, -0.2) is 4.57 Å². The van der Waals surface area contributed by atoms with Gasteiger partial charge in [0.25, 0.3) is 0 Å². The average Bonchev–Trinajstić information content (AvgIpc) is 3.22. The number of phosphoric ester groups is 1. The van der Waals surface area contributed by atoms with Crippen LogP contribution in [0.5, 0.6) is 0 Å². The normalized spacial score (nSPS) is 23.3. The standard InChI is InChI=1S/C46H92NO12P/c1-3-5-7-9-11-13-15-16-17-18-19-20-21-22-24-26-28-30-32-34-39(49)38(36-58-60(56,57)59-46-44(54)42(52)41(51)43(53)45(46)55)47-40(50)35-37(48)33-31-29-27-25-23-14-12-10-8-6-4-2/h37-39,41-46,48-49,51-55H,3-36H2,1-2H3,(H,47,50)(H,56,57). The van der Waals surface area contributed by atoms with Crippen LogP contribution in [0.2, 0.25) is 0 Å². The van der Waals surface area contributed by atoms with Crippen LogP contribution in [0.15, 0.2) is 0 Å². The lowest BCUT2D eigenvalue weighted by molar-refractivity contribution is -0.220. The monoisotopic (exact) mass is 882 g/mol. The fourth-order valence-corrected chi connectivity index (χ4v) is 9.16. The topological polar surface area (TPSA) is 226 Å². The molecule has 0 radical (unpaired) electrons. The van der Waals surface area contributed by atoms with Crippen LogP contribution in [-0.2, 0) is 18.4 Å².